The molecule has 0 aliphatic carbocycles. The van der Waals surface area contributed by atoms with E-state index in [2.05, 4.69) is 0 Å². The van der Waals surface area contributed by atoms with Crippen LogP contribution in [0.5, 0.6) is 0 Å². The van der Waals surface area contributed by atoms with Crippen molar-refractivity contribution in [3.8, 4) is 0 Å². The van der Waals surface area contributed by atoms with E-state index in [0.29, 0.717) is 26.1 Å². The lowest BCUT2D eigenvalue weighted by atomic mass is 10.2. The minimum atomic E-state index is -3.36. The molecular formula is C6H11ClO3S. The molecule has 0 saturated carbocycles. The molecule has 1 unspecified atom stereocenters. The van der Waals surface area contributed by atoms with Gasteiger partial charge in [0.25, 0.3) is 0 Å². The van der Waals surface area contributed by atoms with Crippen LogP contribution >= 0.6 is 10.7 Å². The monoisotopic (exact) mass is 198 g/mol. The Morgan fingerprint density at radius 3 is 2.64 bits per heavy atom. The van der Waals surface area contributed by atoms with Crippen LogP contribution in [0.2, 0.25) is 0 Å². The normalized spacial score (nSPS) is 27.9. The average molecular weight is 199 g/mol. The summed E-state index contributed by atoms with van der Waals surface area (Å²) in [5.41, 5.74) is 0. The van der Waals surface area contributed by atoms with Gasteiger partial charge in [0.2, 0.25) is 9.05 Å². The predicted octanol–water partition coefficient (Wildman–Crippen LogP) is 1.12. The molecule has 0 aromatic carbocycles. The van der Waals surface area contributed by atoms with E-state index in [1.807, 2.05) is 0 Å². The Labute approximate surface area is 71.1 Å². The first-order valence-corrected chi connectivity index (χ1v) is 5.99. The summed E-state index contributed by atoms with van der Waals surface area (Å²) in [5.74, 6) is 0. The van der Waals surface area contributed by atoms with Gasteiger partial charge in [-0.15, -0.1) is 0 Å². The lowest BCUT2D eigenvalue weighted by molar-refractivity contribution is 0.144. The molecule has 1 saturated heterocycles. The molecule has 0 N–H and O–H groups in total. The largest absolute Gasteiger partial charge is 0.381 e. The fourth-order valence-corrected chi connectivity index (χ4v) is 2.52. The predicted molar refractivity (Wildman–Crippen MR) is 43.2 cm³/mol. The first-order valence-electron chi connectivity index (χ1n) is 3.62. The molecule has 1 aliphatic rings. The Morgan fingerprint density at radius 2 is 2.00 bits per heavy atom. The molecule has 5 heteroatoms. The van der Waals surface area contributed by atoms with Gasteiger partial charge in [0.1, 0.15) is 0 Å². The zero-order valence-electron chi connectivity index (χ0n) is 6.12. The lowest BCUT2D eigenvalue weighted by Gasteiger charge is -2.07. The van der Waals surface area contributed by atoms with E-state index in [9.17, 15) is 8.42 Å². The summed E-state index contributed by atoms with van der Waals surface area (Å²) in [6.07, 6.45) is 1.95. The third kappa shape index (κ3) is 2.97. The standard InChI is InChI=1S/C6H11ClO3S/c7-11(8,9)6-2-1-4-10-5-3-6/h6H,1-5H2. The number of ether oxygens (including phenoxy) is 1. The second-order valence-electron chi connectivity index (χ2n) is 2.64. The van der Waals surface area contributed by atoms with Crippen LogP contribution in [-0.4, -0.2) is 26.9 Å². The van der Waals surface area contributed by atoms with Crippen molar-refractivity contribution in [2.75, 3.05) is 13.2 Å². The quantitative estimate of drug-likeness (QED) is 0.594. The van der Waals surface area contributed by atoms with Gasteiger partial charge in [-0.05, 0) is 19.3 Å². The third-order valence-electron chi connectivity index (χ3n) is 1.80. The van der Waals surface area contributed by atoms with Crippen molar-refractivity contribution in [2.24, 2.45) is 0 Å². The van der Waals surface area contributed by atoms with E-state index in [1.54, 1.807) is 0 Å². The molecule has 0 bridgehead atoms. The van der Waals surface area contributed by atoms with Crippen LogP contribution in [0.1, 0.15) is 19.3 Å². The van der Waals surface area contributed by atoms with E-state index in [0.717, 1.165) is 6.42 Å². The molecule has 0 spiro atoms. The van der Waals surface area contributed by atoms with Gasteiger partial charge >= 0.3 is 0 Å². The molecule has 1 fully saturated rings. The average Bonchev–Trinajstić information content (AvgIpc) is 2.10. The highest BCUT2D eigenvalue weighted by Gasteiger charge is 2.23. The molecule has 11 heavy (non-hydrogen) atoms. The summed E-state index contributed by atoms with van der Waals surface area (Å²) >= 11 is 0. The van der Waals surface area contributed by atoms with Crippen molar-refractivity contribution in [3.63, 3.8) is 0 Å². The highest BCUT2D eigenvalue weighted by molar-refractivity contribution is 8.14. The fraction of sp³-hybridized carbons (Fsp3) is 1.00. The van der Waals surface area contributed by atoms with Gasteiger partial charge in [-0.2, -0.15) is 0 Å². The van der Waals surface area contributed by atoms with Gasteiger partial charge < -0.3 is 4.74 Å². The van der Waals surface area contributed by atoms with Gasteiger partial charge in [-0.25, -0.2) is 8.42 Å². The maximum atomic E-state index is 10.8. The summed E-state index contributed by atoms with van der Waals surface area (Å²) in [6, 6.07) is 0. The first kappa shape index (κ1) is 9.29. The number of hydrogen-bond acceptors (Lipinski definition) is 3. The van der Waals surface area contributed by atoms with Gasteiger partial charge in [0.15, 0.2) is 0 Å². The number of halogens is 1. The summed E-state index contributed by atoms with van der Waals surface area (Å²) in [4.78, 5) is 0. The highest BCUT2D eigenvalue weighted by Crippen LogP contribution is 2.19. The van der Waals surface area contributed by atoms with Crippen molar-refractivity contribution >= 4 is 19.7 Å². The highest BCUT2D eigenvalue weighted by atomic mass is 35.7. The third-order valence-corrected chi connectivity index (χ3v) is 3.82. The van der Waals surface area contributed by atoms with Crippen LogP contribution in [0.25, 0.3) is 0 Å². The molecule has 0 aromatic heterocycles. The molecule has 1 aliphatic heterocycles. The van der Waals surface area contributed by atoms with Crippen LogP contribution in [0.15, 0.2) is 0 Å². The molecule has 1 heterocycles. The zero-order valence-corrected chi connectivity index (χ0v) is 7.70. The summed E-state index contributed by atoms with van der Waals surface area (Å²) in [6.45, 7) is 1.17. The van der Waals surface area contributed by atoms with Gasteiger partial charge in [-0.1, -0.05) is 0 Å². The maximum Gasteiger partial charge on any atom is 0.235 e. The van der Waals surface area contributed by atoms with Crippen molar-refractivity contribution in [3.05, 3.63) is 0 Å². The molecule has 0 amide bonds. The fourth-order valence-electron chi connectivity index (χ4n) is 1.16. The van der Waals surface area contributed by atoms with Gasteiger partial charge in [-0.3, -0.25) is 0 Å². The molecule has 0 aromatic rings. The van der Waals surface area contributed by atoms with Crippen LogP contribution in [0.4, 0.5) is 0 Å². The number of hydrogen-bond donors (Lipinski definition) is 0. The minimum Gasteiger partial charge on any atom is -0.381 e. The van der Waals surface area contributed by atoms with E-state index in [1.165, 1.54) is 0 Å². The maximum absolute atomic E-state index is 10.8. The molecule has 0 radical (unpaired) electrons. The Hall–Kier alpha value is 0.200. The molecule has 1 rings (SSSR count). The van der Waals surface area contributed by atoms with Crippen molar-refractivity contribution in [1.29, 1.82) is 0 Å². The Morgan fingerprint density at radius 1 is 1.27 bits per heavy atom. The lowest BCUT2D eigenvalue weighted by Crippen LogP contribution is -2.16. The smallest absolute Gasteiger partial charge is 0.235 e. The Kier molecular flexibility index (Phi) is 3.16. The summed E-state index contributed by atoms with van der Waals surface area (Å²) in [7, 11) is 1.84. The van der Waals surface area contributed by atoms with Gasteiger partial charge in [0.05, 0.1) is 5.25 Å². The zero-order chi connectivity index (χ0) is 8.32. The van der Waals surface area contributed by atoms with Crippen molar-refractivity contribution in [2.45, 2.75) is 24.5 Å². The van der Waals surface area contributed by atoms with E-state index in [-0.39, 0.29) is 0 Å². The molecule has 3 nitrogen and oxygen atoms in total. The van der Waals surface area contributed by atoms with Crippen molar-refractivity contribution < 1.29 is 13.2 Å². The summed E-state index contributed by atoms with van der Waals surface area (Å²) < 4.78 is 26.8. The summed E-state index contributed by atoms with van der Waals surface area (Å²) in [5, 5.41) is -0.397. The van der Waals surface area contributed by atoms with Crippen LogP contribution in [0, 0.1) is 0 Å². The van der Waals surface area contributed by atoms with Gasteiger partial charge in [0, 0.05) is 23.9 Å². The second-order valence-corrected chi connectivity index (χ2v) is 5.55. The topological polar surface area (TPSA) is 43.4 Å². The molecule has 66 valence electrons. The SMILES string of the molecule is O=S(=O)(Cl)C1CCCOCC1. The number of rotatable bonds is 1. The van der Waals surface area contributed by atoms with Crippen molar-refractivity contribution in [1.82, 2.24) is 0 Å². The first-order chi connectivity index (χ1) is 5.11. The van der Waals surface area contributed by atoms with Crippen LogP contribution < -0.4 is 0 Å². The minimum absolute atomic E-state index is 0.397. The van der Waals surface area contributed by atoms with E-state index >= 15 is 0 Å². The Balaban J connectivity index is 2.57. The Bertz CT molecular complexity index is 204. The molecule has 1 atom stereocenters. The van der Waals surface area contributed by atoms with Crippen LogP contribution in [0.3, 0.4) is 0 Å². The van der Waals surface area contributed by atoms with E-state index < -0.39 is 14.3 Å². The van der Waals surface area contributed by atoms with E-state index in [4.69, 9.17) is 15.4 Å². The molecular weight excluding hydrogens is 188 g/mol. The van der Waals surface area contributed by atoms with Crippen LogP contribution in [-0.2, 0) is 13.8 Å². The second kappa shape index (κ2) is 3.74.